The predicted molar refractivity (Wildman–Crippen MR) is 97.7 cm³/mol. The fraction of sp³-hybridized carbons (Fsp3) is 0.158. The van der Waals surface area contributed by atoms with Crippen molar-refractivity contribution < 1.29 is 9.53 Å². The van der Waals surface area contributed by atoms with Crippen LogP contribution in [-0.4, -0.2) is 22.4 Å². The molecule has 1 heterocycles. The number of carbonyl (C=O) groups is 1. The Hall–Kier alpha value is -3.48. The van der Waals surface area contributed by atoms with Crippen LogP contribution in [0.2, 0.25) is 0 Å². The predicted octanol–water partition coefficient (Wildman–Crippen LogP) is 4.07. The van der Waals surface area contributed by atoms with Crippen LogP contribution in [0, 0.1) is 6.92 Å². The molecule has 0 saturated carbocycles. The lowest BCUT2D eigenvalue weighted by Gasteiger charge is -2.03. The van der Waals surface area contributed by atoms with E-state index in [1.807, 2.05) is 30.3 Å². The van der Waals surface area contributed by atoms with Gasteiger partial charge in [0.05, 0.1) is 23.6 Å². The van der Waals surface area contributed by atoms with Gasteiger partial charge in [-0.1, -0.05) is 30.3 Å². The first-order chi connectivity index (χ1) is 12.6. The average Bonchev–Trinajstić information content (AvgIpc) is 2.95. The molecule has 0 aliphatic heterocycles. The third kappa shape index (κ3) is 3.46. The Morgan fingerprint density at radius 3 is 2.50 bits per heavy atom. The molecule has 0 spiro atoms. The highest BCUT2D eigenvalue weighted by atomic mass is 16.5. The van der Waals surface area contributed by atoms with Crippen LogP contribution in [0.1, 0.15) is 23.0 Å². The SMILES string of the molecule is CCOC(=O)c1ccccc1N=Nc1c(C)[nH]n(-c2ccccc2)c1=O. The molecule has 7 heteroatoms. The van der Waals surface area contributed by atoms with Crippen LogP contribution in [0.5, 0.6) is 0 Å². The van der Waals surface area contributed by atoms with Gasteiger partial charge in [-0.05, 0) is 38.1 Å². The van der Waals surface area contributed by atoms with E-state index in [1.54, 1.807) is 38.1 Å². The zero-order valence-corrected chi connectivity index (χ0v) is 14.5. The molecule has 0 amide bonds. The van der Waals surface area contributed by atoms with E-state index in [1.165, 1.54) is 4.68 Å². The van der Waals surface area contributed by atoms with Gasteiger partial charge in [0.25, 0.3) is 5.56 Å². The molecule has 0 saturated heterocycles. The van der Waals surface area contributed by atoms with Crippen LogP contribution >= 0.6 is 0 Å². The maximum atomic E-state index is 12.6. The van der Waals surface area contributed by atoms with Gasteiger partial charge in [-0.2, -0.15) is 0 Å². The largest absolute Gasteiger partial charge is 0.462 e. The third-order valence-electron chi connectivity index (χ3n) is 3.71. The molecule has 3 rings (SSSR count). The smallest absolute Gasteiger partial charge is 0.340 e. The Balaban J connectivity index is 1.97. The Morgan fingerprint density at radius 2 is 1.77 bits per heavy atom. The summed E-state index contributed by atoms with van der Waals surface area (Å²) in [5, 5.41) is 11.2. The van der Waals surface area contributed by atoms with Gasteiger partial charge < -0.3 is 4.74 Å². The van der Waals surface area contributed by atoms with Crippen LogP contribution in [0.4, 0.5) is 11.4 Å². The highest BCUT2D eigenvalue weighted by Gasteiger charge is 2.14. The van der Waals surface area contributed by atoms with E-state index in [0.717, 1.165) is 0 Å². The maximum absolute atomic E-state index is 12.6. The first-order valence-corrected chi connectivity index (χ1v) is 8.16. The molecule has 2 aromatic carbocycles. The van der Waals surface area contributed by atoms with Crippen molar-refractivity contribution in [2.24, 2.45) is 10.2 Å². The summed E-state index contributed by atoms with van der Waals surface area (Å²) in [7, 11) is 0. The first-order valence-electron chi connectivity index (χ1n) is 8.16. The van der Waals surface area contributed by atoms with E-state index in [2.05, 4.69) is 15.3 Å². The van der Waals surface area contributed by atoms with Crippen LogP contribution in [-0.2, 0) is 4.74 Å². The molecule has 0 unspecified atom stereocenters. The number of aromatic nitrogens is 2. The van der Waals surface area contributed by atoms with Gasteiger partial charge >= 0.3 is 5.97 Å². The van der Waals surface area contributed by atoms with Crippen molar-refractivity contribution in [3.05, 3.63) is 76.2 Å². The molecule has 0 radical (unpaired) electrons. The van der Waals surface area contributed by atoms with Crippen LogP contribution in [0.3, 0.4) is 0 Å². The number of nitrogens with one attached hydrogen (secondary N) is 1. The van der Waals surface area contributed by atoms with Crippen molar-refractivity contribution in [3.63, 3.8) is 0 Å². The van der Waals surface area contributed by atoms with E-state index < -0.39 is 5.97 Å². The monoisotopic (exact) mass is 350 g/mol. The summed E-state index contributed by atoms with van der Waals surface area (Å²) in [6.45, 7) is 3.74. The van der Waals surface area contributed by atoms with Crippen molar-refractivity contribution in [3.8, 4) is 5.69 Å². The van der Waals surface area contributed by atoms with E-state index in [-0.39, 0.29) is 17.9 Å². The molecule has 1 aromatic heterocycles. The van der Waals surface area contributed by atoms with Gasteiger partial charge in [-0.15, -0.1) is 10.2 Å². The number of carbonyl (C=O) groups excluding carboxylic acids is 1. The Bertz CT molecular complexity index is 1000. The standard InChI is InChI=1S/C19H18N4O3/c1-3-26-19(25)15-11-7-8-12-16(15)20-21-17-13(2)22-23(18(17)24)14-9-5-4-6-10-14/h4-12,22H,3H2,1-2H3. The summed E-state index contributed by atoms with van der Waals surface area (Å²) in [4.78, 5) is 24.6. The van der Waals surface area contributed by atoms with Gasteiger partial charge in [0.1, 0.15) is 5.69 Å². The number of ether oxygens (including phenoxy) is 1. The van der Waals surface area contributed by atoms with Gasteiger partial charge in [0, 0.05) is 0 Å². The minimum Gasteiger partial charge on any atom is -0.462 e. The second-order valence-corrected chi connectivity index (χ2v) is 5.50. The molecule has 3 aromatic rings. The zero-order valence-electron chi connectivity index (χ0n) is 14.5. The molecule has 1 N–H and O–H groups in total. The summed E-state index contributed by atoms with van der Waals surface area (Å²) >= 11 is 0. The number of hydrogen-bond acceptors (Lipinski definition) is 5. The van der Waals surface area contributed by atoms with Gasteiger partial charge in [-0.25, -0.2) is 9.48 Å². The zero-order chi connectivity index (χ0) is 18.5. The van der Waals surface area contributed by atoms with E-state index >= 15 is 0 Å². The molecule has 0 atom stereocenters. The quantitative estimate of drug-likeness (QED) is 0.556. The lowest BCUT2D eigenvalue weighted by Crippen LogP contribution is -2.13. The van der Waals surface area contributed by atoms with E-state index in [9.17, 15) is 9.59 Å². The molecular formula is C19H18N4O3. The van der Waals surface area contributed by atoms with Crippen LogP contribution in [0.25, 0.3) is 5.69 Å². The summed E-state index contributed by atoms with van der Waals surface area (Å²) in [5.41, 5.74) is 1.80. The normalized spacial score (nSPS) is 11.0. The van der Waals surface area contributed by atoms with Crippen molar-refractivity contribution in [1.29, 1.82) is 0 Å². The second-order valence-electron chi connectivity index (χ2n) is 5.50. The number of para-hydroxylation sites is 1. The number of benzene rings is 2. The Morgan fingerprint density at radius 1 is 1.08 bits per heavy atom. The number of H-pyrrole nitrogens is 1. The minimum absolute atomic E-state index is 0.188. The maximum Gasteiger partial charge on any atom is 0.340 e. The molecule has 0 bridgehead atoms. The van der Waals surface area contributed by atoms with Crippen molar-refractivity contribution in [1.82, 2.24) is 9.78 Å². The van der Waals surface area contributed by atoms with Crippen LogP contribution < -0.4 is 5.56 Å². The molecular weight excluding hydrogens is 332 g/mol. The van der Waals surface area contributed by atoms with Crippen molar-refractivity contribution in [2.75, 3.05) is 6.61 Å². The highest BCUT2D eigenvalue weighted by Crippen LogP contribution is 2.23. The van der Waals surface area contributed by atoms with Gasteiger partial charge in [0.2, 0.25) is 0 Å². The molecule has 132 valence electrons. The lowest BCUT2D eigenvalue weighted by atomic mass is 10.2. The second kappa shape index (κ2) is 7.60. The fourth-order valence-corrected chi connectivity index (χ4v) is 2.46. The van der Waals surface area contributed by atoms with Crippen molar-refractivity contribution >= 4 is 17.3 Å². The third-order valence-corrected chi connectivity index (χ3v) is 3.71. The number of azo groups is 1. The lowest BCUT2D eigenvalue weighted by molar-refractivity contribution is 0.0527. The topological polar surface area (TPSA) is 88.8 Å². The number of aryl methyl sites for hydroxylation is 1. The summed E-state index contributed by atoms with van der Waals surface area (Å²) in [6.07, 6.45) is 0. The fourth-order valence-electron chi connectivity index (χ4n) is 2.46. The number of nitrogens with zero attached hydrogens (tertiary/aromatic N) is 3. The summed E-state index contributed by atoms with van der Waals surface area (Å²) in [6, 6.07) is 15.9. The summed E-state index contributed by atoms with van der Waals surface area (Å²) < 4.78 is 6.42. The molecule has 7 nitrogen and oxygen atoms in total. The minimum atomic E-state index is -0.477. The molecule has 0 aliphatic carbocycles. The number of esters is 1. The van der Waals surface area contributed by atoms with Gasteiger partial charge in [-0.3, -0.25) is 9.89 Å². The first kappa shape index (κ1) is 17.3. The average molecular weight is 350 g/mol. The molecule has 0 aliphatic rings. The van der Waals surface area contributed by atoms with Crippen molar-refractivity contribution in [2.45, 2.75) is 13.8 Å². The highest BCUT2D eigenvalue weighted by molar-refractivity contribution is 5.94. The van der Waals surface area contributed by atoms with E-state index in [4.69, 9.17) is 4.74 Å². The molecule has 26 heavy (non-hydrogen) atoms. The summed E-state index contributed by atoms with van der Waals surface area (Å²) in [5.74, 6) is -0.477. The van der Waals surface area contributed by atoms with Gasteiger partial charge in [0.15, 0.2) is 5.69 Å². The molecule has 0 fully saturated rings. The van der Waals surface area contributed by atoms with Crippen LogP contribution in [0.15, 0.2) is 69.6 Å². The number of hydrogen-bond donors (Lipinski definition) is 1. The number of rotatable bonds is 5. The van der Waals surface area contributed by atoms with E-state index in [0.29, 0.717) is 22.6 Å². The number of aromatic amines is 1. The Labute approximate surface area is 149 Å². The Kier molecular flexibility index (Phi) is 5.07.